The Morgan fingerprint density at radius 2 is 2.06 bits per heavy atom. The number of aliphatic hydroxyl groups is 2. The summed E-state index contributed by atoms with van der Waals surface area (Å²) >= 11 is 0.0602. The van der Waals surface area contributed by atoms with Crippen LogP contribution in [-0.2, 0) is 25.7 Å². The molecule has 1 aromatic rings. The zero-order valence-corrected chi connectivity index (χ0v) is 21.8. The Bertz CT molecular complexity index is 1060. The lowest BCUT2D eigenvalue weighted by molar-refractivity contribution is -0.132. The third-order valence-electron chi connectivity index (χ3n) is 6.21. The molecule has 0 aromatic carbocycles. The van der Waals surface area contributed by atoms with E-state index >= 15 is 0 Å². The van der Waals surface area contributed by atoms with E-state index in [1.807, 2.05) is 0 Å². The SMILES string of the molecule is CSC(=O)[C@](C)(O)[C@@]12CC/C(C)=C/[C@@H](O)C(=O)/C=C/C=C/c3csc(n3)[C@@H](C)N(C(=O)C1)[S+]2[O-]. The molecule has 0 spiro atoms. The van der Waals surface area contributed by atoms with Gasteiger partial charge in [0.25, 0.3) is 5.91 Å². The number of hydrogen-bond acceptors (Lipinski definition) is 9. The molecule has 3 heterocycles. The zero-order valence-electron chi connectivity index (χ0n) is 19.4. The molecule has 1 amide bonds. The van der Waals surface area contributed by atoms with Gasteiger partial charge in [0.1, 0.15) is 17.2 Å². The molecule has 4 bridgehead atoms. The van der Waals surface area contributed by atoms with Gasteiger partial charge in [-0.15, -0.1) is 11.3 Å². The number of amides is 1. The second-order valence-electron chi connectivity index (χ2n) is 8.57. The standard InChI is InChI=1S/C23H28N2O6S3/c1-14-9-10-23(22(3,30)21(29)32-4)12-19(28)25(34(23)31)15(2)20-24-16(13-33-20)7-5-6-8-17(26)18(27)11-14/h5-8,11,13,15,18,27,30H,9-10,12H2,1-4H3/b7-5+,8-6+,14-11+/t15-,18-,22+,23-,34?/m1/s1. The maximum atomic E-state index is 13.9. The van der Waals surface area contributed by atoms with E-state index < -0.39 is 50.7 Å². The third-order valence-corrected chi connectivity index (χ3v) is 10.3. The van der Waals surface area contributed by atoms with E-state index in [4.69, 9.17) is 0 Å². The summed E-state index contributed by atoms with van der Waals surface area (Å²) in [6.45, 7) is 4.73. The maximum Gasteiger partial charge on any atom is 0.270 e. The smallest absolute Gasteiger partial charge is 0.270 e. The molecule has 11 heteroatoms. The number of carbonyl (C=O) groups is 3. The summed E-state index contributed by atoms with van der Waals surface area (Å²) < 4.78 is 13.6. The fraction of sp³-hybridized carbons (Fsp3) is 0.478. The molecule has 8 nitrogen and oxygen atoms in total. The molecule has 2 aliphatic heterocycles. The van der Waals surface area contributed by atoms with E-state index in [1.165, 1.54) is 47.0 Å². The van der Waals surface area contributed by atoms with Crippen LogP contribution in [-0.4, -0.2) is 63.6 Å². The average molecular weight is 525 g/mol. The predicted molar refractivity (Wildman–Crippen MR) is 134 cm³/mol. The maximum absolute atomic E-state index is 13.9. The van der Waals surface area contributed by atoms with Crippen LogP contribution in [0.15, 0.2) is 35.3 Å². The molecule has 0 radical (unpaired) electrons. The van der Waals surface area contributed by atoms with Crippen molar-refractivity contribution in [2.24, 2.45) is 0 Å². The zero-order chi connectivity index (χ0) is 25.3. The fourth-order valence-corrected chi connectivity index (χ4v) is 7.60. The van der Waals surface area contributed by atoms with Gasteiger partial charge in [-0.25, -0.2) is 4.98 Å². The number of thiazole rings is 1. The molecule has 184 valence electrons. The number of fused-ring (bicyclic) bond motifs is 4. The van der Waals surface area contributed by atoms with Crippen molar-refractivity contribution in [3.05, 3.63) is 46.0 Å². The first-order valence-electron chi connectivity index (χ1n) is 10.7. The first-order chi connectivity index (χ1) is 15.9. The van der Waals surface area contributed by atoms with Gasteiger partial charge in [0, 0.05) is 11.8 Å². The minimum atomic E-state index is -2.06. The second-order valence-corrected chi connectivity index (χ2v) is 11.9. The van der Waals surface area contributed by atoms with E-state index in [-0.39, 0.29) is 19.3 Å². The predicted octanol–water partition coefficient (Wildman–Crippen LogP) is 2.72. The monoisotopic (exact) mass is 524 g/mol. The van der Waals surface area contributed by atoms with E-state index in [1.54, 1.807) is 31.4 Å². The van der Waals surface area contributed by atoms with Crippen molar-refractivity contribution in [2.75, 3.05) is 6.26 Å². The van der Waals surface area contributed by atoms with Crippen LogP contribution >= 0.6 is 23.1 Å². The number of thioether (sulfide) groups is 1. The van der Waals surface area contributed by atoms with Crippen LogP contribution in [0.25, 0.3) is 6.08 Å². The minimum absolute atomic E-state index is 0.0393. The molecule has 34 heavy (non-hydrogen) atoms. The molecule has 0 saturated carbocycles. The Balaban J connectivity index is 2.12. The van der Waals surface area contributed by atoms with Crippen molar-refractivity contribution in [3.8, 4) is 0 Å². The summed E-state index contributed by atoms with van der Waals surface area (Å²) in [6.07, 6.45) is 7.60. The molecule has 2 aliphatic rings. The van der Waals surface area contributed by atoms with Gasteiger partial charge in [-0.3, -0.25) is 14.4 Å². The minimum Gasteiger partial charge on any atom is -0.592 e. The van der Waals surface area contributed by atoms with Crippen molar-refractivity contribution < 1.29 is 29.1 Å². The number of aromatic nitrogens is 1. The quantitative estimate of drug-likeness (QED) is 0.446. The highest BCUT2D eigenvalue weighted by Gasteiger charge is 2.69. The molecule has 1 unspecified atom stereocenters. The van der Waals surface area contributed by atoms with Gasteiger partial charge in [0.05, 0.1) is 23.5 Å². The van der Waals surface area contributed by atoms with Crippen LogP contribution < -0.4 is 0 Å². The summed E-state index contributed by atoms with van der Waals surface area (Å²) in [4.78, 5) is 42.7. The van der Waals surface area contributed by atoms with Gasteiger partial charge in [-0.1, -0.05) is 29.5 Å². The average Bonchev–Trinajstić information content (AvgIpc) is 3.36. The van der Waals surface area contributed by atoms with Crippen molar-refractivity contribution >= 4 is 57.3 Å². The summed E-state index contributed by atoms with van der Waals surface area (Å²) in [6, 6.07) is -0.631. The lowest BCUT2D eigenvalue weighted by Crippen LogP contribution is -2.60. The topological polar surface area (TPSA) is 131 Å². The number of rotatable bonds is 2. The van der Waals surface area contributed by atoms with E-state index in [9.17, 15) is 29.1 Å². The molecule has 5 atom stereocenters. The molecule has 1 fully saturated rings. The highest BCUT2D eigenvalue weighted by molar-refractivity contribution is 8.13. The van der Waals surface area contributed by atoms with Crippen LogP contribution in [0.3, 0.4) is 0 Å². The Morgan fingerprint density at radius 1 is 1.38 bits per heavy atom. The van der Waals surface area contributed by atoms with Crippen LogP contribution in [0.2, 0.25) is 0 Å². The highest BCUT2D eigenvalue weighted by atomic mass is 32.2. The molecule has 1 aromatic heterocycles. The lowest BCUT2D eigenvalue weighted by atomic mass is 9.81. The summed E-state index contributed by atoms with van der Waals surface area (Å²) in [5.41, 5.74) is -0.850. The molecular weight excluding hydrogens is 496 g/mol. The molecule has 2 N–H and O–H groups in total. The molecule has 0 aliphatic carbocycles. The summed E-state index contributed by atoms with van der Waals surface area (Å²) in [5, 5.41) is 23.4. The Morgan fingerprint density at radius 3 is 2.74 bits per heavy atom. The van der Waals surface area contributed by atoms with Crippen LogP contribution in [0.5, 0.6) is 0 Å². The number of carbonyl (C=O) groups excluding carboxylic acids is 3. The Hall–Kier alpha value is -1.76. The number of allylic oxidation sites excluding steroid dienone is 3. The fourth-order valence-electron chi connectivity index (χ4n) is 4.08. The van der Waals surface area contributed by atoms with Gasteiger partial charge in [0.15, 0.2) is 16.1 Å². The Labute approximate surface area is 210 Å². The number of hydrogen-bond donors (Lipinski definition) is 2. The first-order valence-corrected chi connectivity index (χ1v) is 13.9. The van der Waals surface area contributed by atoms with Crippen LogP contribution in [0.1, 0.15) is 56.8 Å². The van der Waals surface area contributed by atoms with E-state index in [0.29, 0.717) is 16.3 Å². The number of aliphatic hydroxyl groups excluding tert-OH is 1. The van der Waals surface area contributed by atoms with Crippen molar-refractivity contribution in [2.45, 2.75) is 62.5 Å². The van der Waals surface area contributed by atoms with Crippen molar-refractivity contribution in [1.29, 1.82) is 0 Å². The first kappa shape index (κ1) is 26.8. The van der Waals surface area contributed by atoms with Crippen molar-refractivity contribution in [1.82, 2.24) is 9.29 Å². The third kappa shape index (κ3) is 4.95. The number of nitrogens with zero attached hydrogens (tertiary/aromatic N) is 2. The van der Waals surface area contributed by atoms with E-state index in [2.05, 4.69) is 4.98 Å². The summed E-state index contributed by atoms with van der Waals surface area (Å²) in [5.74, 6) is -0.945. The molecular formula is C23H28N2O6S3. The van der Waals surface area contributed by atoms with Gasteiger partial charge in [-0.2, -0.15) is 4.31 Å². The van der Waals surface area contributed by atoms with Crippen molar-refractivity contribution in [3.63, 3.8) is 0 Å². The van der Waals surface area contributed by atoms with Gasteiger partial charge >= 0.3 is 0 Å². The molecule has 3 rings (SSSR count). The Kier molecular flexibility index (Phi) is 8.26. The number of ketones is 1. The van der Waals surface area contributed by atoms with Gasteiger partial charge < -0.3 is 14.8 Å². The largest absolute Gasteiger partial charge is 0.592 e. The van der Waals surface area contributed by atoms with Gasteiger partial charge in [0.2, 0.25) is 5.12 Å². The highest BCUT2D eigenvalue weighted by Crippen LogP contribution is 2.50. The molecule has 1 saturated heterocycles. The van der Waals surface area contributed by atoms with Crippen LogP contribution in [0, 0.1) is 0 Å². The second kappa shape index (κ2) is 10.5. The van der Waals surface area contributed by atoms with Crippen LogP contribution in [0.4, 0.5) is 0 Å². The van der Waals surface area contributed by atoms with Gasteiger partial charge in [-0.05, 0) is 51.7 Å². The van der Waals surface area contributed by atoms with E-state index in [0.717, 1.165) is 11.8 Å². The normalized spacial score (nSPS) is 33.6. The summed E-state index contributed by atoms with van der Waals surface area (Å²) in [7, 11) is 0. The lowest BCUT2D eigenvalue weighted by Gasteiger charge is -2.40.